The molecule has 0 aromatic heterocycles. The Morgan fingerprint density at radius 1 is 1.21 bits per heavy atom. The van der Waals surface area contributed by atoms with Gasteiger partial charge in [-0.2, -0.15) is 0 Å². The van der Waals surface area contributed by atoms with E-state index in [1.165, 1.54) is 50.6 Å². The third-order valence-electron chi connectivity index (χ3n) is 4.67. The van der Waals surface area contributed by atoms with Crippen LogP contribution in [0.25, 0.3) is 0 Å². The van der Waals surface area contributed by atoms with E-state index in [0.29, 0.717) is 0 Å². The number of unbranched alkanes of at least 4 members (excludes halogenated alkanes) is 1. The summed E-state index contributed by atoms with van der Waals surface area (Å²) in [5.74, 6) is 1.68. The first-order chi connectivity index (χ1) is 9.35. The summed E-state index contributed by atoms with van der Waals surface area (Å²) in [6.07, 6.45) is 8.27. The standard InChI is InChI=1S/C18H29N/c1-3-5-8-15(4-2)11-12-17-14-19-13-16-9-6-7-10-18(16)17/h6-7,9-10,15,17,19H,3-5,8,11-14H2,1-2H3. The molecule has 1 aliphatic heterocycles. The predicted octanol–water partition coefficient (Wildman–Crippen LogP) is 4.87. The van der Waals surface area contributed by atoms with E-state index >= 15 is 0 Å². The maximum Gasteiger partial charge on any atom is 0.0208 e. The fraction of sp³-hybridized carbons (Fsp3) is 0.667. The molecule has 106 valence electrons. The molecule has 1 nitrogen and oxygen atoms in total. The molecule has 0 aliphatic carbocycles. The smallest absolute Gasteiger partial charge is 0.0208 e. The quantitative estimate of drug-likeness (QED) is 0.736. The number of rotatable bonds is 7. The van der Waals surface area contributed by atoms with Crippen molar-refractivity contribution in [2.24, 2.45) is 5.92 Å². The Labute approximate surface area is 118 Å². The van der Waals surface area contributed by atoms with Gasteiger partial charge in [0, 0.05) is 13.1 Å². The Hall–Kier alpha value is -0.820. The molecule has 1 heterocycles. The van der Waals surface area contributed by atoms with Gasteiger partial charge in [-0.25, -0.2) is 0 Å². The van der Waals surface area contributed by atoms with Gasteiger partial charge in [0.1, 0.15) is 0 Å². The van der Waals surface area contributed by atoms with Gasteiger partial charge in [0.15, 0.2) is 0 Å². The number of fused-ring (bicyclic) bond motifs is 1. The molecule has 1 aliphatic rings. The second-order valence-electron chi connectivity index (χ2n) is 6.02. The summed E-state index contributed by atoms with van der Waals surface area (Å²) in [5, 5.41) is 3.58. The topological polar surface area (TPSA) is 12.0 Å². The van der Waals surface area contributed by atoms with E-state index in [-0.39, 0.29) is 0 Å². The average molecular weight is 259 g/mol. The zero-order valence-electron chi connectivity index (χ0n) is 12.6. The highest BCUT2D eigenvalue weighted by molar-refractivity contribution is 5.32. The number of benzene rings is 1. The lowest BCUT2D eigenvalue weighted by atomic mass is 9.84. The van der Waals surface area contributed by atoms with Gasteiger partial charge in [-0.15, -0.1) is 0 Å². The maximum absolute atomic E-state index is 3.58. The summed E-state index contributed by atoms with van der Waals surface area (Å²) in [5.41, 5.74) is 3.12. The van der Waals surface area contributed by atoms with Crippen LogP contribution in [-0.4, -0.2) is 6.54 Å². The van der Waals surface area contributed by atoms with Crippen molar-refractivity contribution in [1.29, 1.82) is 0 Å². The van der Waals surface area contributed by atoms with Crippen LogP contribution in [-0.2, 0) is 6.54 Å². The fourth-order valence-corrected chi connectivity index (χ4v) is 3.32. The van der Waals surface area contributed by atoms with E-state index < -0.39 is 0 Å². The molecule has 0 saturated carbocycles. The van der Waals surface area contributed by atoms with Gasteiger partial charge in [0.25, 0.3) is 0 Å². The molecule has 1 aromatic rings. The Bertz CT molecular complexity index is 372. The first-order valence-corrected chi connectivity index (χ1v) is 8.13. The zero-order valence-corrected chi connectivity index (χ0v) is 12.6. The van der Waals surface area contributed by atoms with Crippen LogP contribution in [0.5, 0.6) is 0 Å². The lowest BCUT2D eigenvalue weighted by Gasteiger charge is -2.27. The van der Waals surface area contributed by atoms with Gasteiger partial charge in [-0.1, -0.05) is 63.8 Å². The molecule has 19 heavy (non-hydrogen) atoms. The highest BCUT2D eigenvalue weighted by atomic mass is 14.9. The van der Waals surface area contributed by atoms with Gasteiger partial charge in [-0.3, -0.25) is 0 Å². The summed E-state index contributed by atoms with van der Waals surface area (Å²) in [6, 6.07) is 8.99. The Kier molecular flexibility index (Phi) is 5.91. The Morgan fingerprint density at radius 2 is 2.05 bits per heavy atom. The highest BCUT2D eigenvalue weighted by Crippen LogP contribution is 2.30. The second kappa shape index (κ2) is 7.69. The Balaban J connectivity index is 1.89. The number of hydrogen-bond acceptors (Lipinski definition) is 1. The van der Waals surface area contributed by atoms with Crippen LogP contribution >= 0.6 is 0 Å². The molecule has 1 N–H and O–H groups in total. The predicted molar refractivity (Wildman–Crippen MR) is 83.4 cm³/mol. The summed E-state index contributed by atoms with van der Waals surface area (Å²) in [4.78, 5) is 0. The van der Waals surface area contributed by atoms with Crippen molar-refractivity contribution in [3.8, 4) is 0 Å². The summed E-state index contributed by atoms with van der Waals surface area (Å²) in [6.45, 7) is 6.88. The largest absolute Gasteiger partial charge is 0.312 e. The zero-order chi connectivity index (χ0) is 13.5. The van der Waals surface area contributed by atoms with E-state index in [1.807, 2.05) is 0 Å². The number of hydrogen-bond donors (Lipinski definition) is 1. The van der Waals surface area contributed by atoms with E-state index in [9.17, 15) is 0 Å². The minimum atomic E-state index is 0.737. The minimum absolute atomic E-state index is 0.737. The third-order valence-corrected chi connectivity index (χ3v) is 4.67. The minimum Gasteiger partial charge on any atom is -0.312 e. The second-order valence-corrected chi connectivity index (χ2v) is 6.02. The number of nitrogens with one attached hydrogen (secondary N) is 1. The van der Waals surface area contributed by atoms with Gasteiger partial charge in [0.2, 0.25) is 0 Å². The monoisotopic (exact) mass is 259 g/mol. The van der Waals surface area contributed by atoms with Gasteiger partial charge in [0.05, 0.1) is 0 Å². The van der Waals surface area contributed by atoms with Crippen LogP contribution in [0.4, 0.5) is 0 Å². The molecule has 0 spiro atoms. The van der Waals surface area contributed by atoms with E-state index in [2.05, 4.69) is 43.4 Å². The molecule has 2 rings (SSSR count). The van der Waals surface area contributed by atoms with Crippen LogP contribution in [0, 0.1) is 5.92 Å². The highest BCUT2D eigenvalue weighted by Gasteiger charge is 2.20. The molecule has 1 heteroatoms. The van der Waals surface area contributed by atoms with E-state index in [0.717, 1.165) is 18.4 Å². The lowest BCUT2D eigenvalue weighted by molar-refractivity contribution is 0.380. The molecule has 0 bridgehead atoms. The molecule has 0 amide bonds. The molecule has 0 radical (unpaired) electrons. The third kappa shape index (κ3) is 4.07. The molecular weight excluding hydrogens is 230 g/mol. The van der Waals surface area contributed by atoms with Crippen molar-refractivity contribution in [2.75, 3.05) is 6.54 Å². The summed E-state index contributed by atoms with van der Waals surface area (Å²) < 4.78 is 0. The van der Waals surface area contributed by atoms with Crippen LogP contribution in [0.2, 0.25) is 0 Å². The summed E-state index contributed by atoms with van der Waals surface area (Å²) >= 11 is 0. The summed E-state index contributed by atoms with van der Waals surface area (Å²) in [7, 11) is 0. The Morgan fingerprint density at radius 3 is 2.84 bits per heavy atom. The average Bonchev–Trinajstić information content (AvgIpc) is 2.47. The van der Waals surface area contributed by atoms with Crippen molar-refractivity contribution in [3.05, 3.63) is 35.4 Å². The van der Waals surface area contributed by atoms with Crippen LogP contribution in [0.1, 0.15) is 69.4 Å². The molecule has 2 atom stereocenters. The van der Waals surface area contributed by atoms with Crippen molar-refractivity contribution in [1.82, 2.24) is 5.32 Å². The van der Waals surface area contributed by atoms with Crippen LogP contribution in [0.15, 0.2) is 24.3 Å². The molecule has 0 fully saturated rings. The molecular formula is C18H29N. The SMILES string of the molecule is CCCCC(CC)CCC1CNCc2ccccc21. The lowest BCUT2D eigenvalue weighted by Crippen LogP contribution is -2.28. The van der Waals surface area contributed by atoms with Crippen LogP contribution in [0.3, 0.4) is 0 Å². The van der Waals surface area contributed by atoms with Gasteiger partial charge in [-0.05, 0) is 35.8 Å². The first kappa shape index (κ1) is 14.6. The fourth-order valence-electron chi connectivity index (χ4n) is 3.32. The normalized spacial score (nSPS) is 20.0. The van der Waals surface area contributed by atoms with Crippen molar-refractivity contribution in [2.45, 2.75) is 64.8 Å². The maximum atomic E-state index is 3.58. The first-order valence-electron chi connectivity index (χ1n) is 8.13. The van der Waals surface area contributed by atoms with Crippen molar-refractivity contribution < 1.29 is 0 Å². The van der Waals surface area contributed by atoms with Gasteiger partial charge < -0.3 is 5.32 Å². The van der Waals surface area contributed by atoms with E-state index in [4.69, 9.17) is 0 Å². The van der Waals surface area contributed by atoms with E-state index in [1.54, 1.807) is 5.56 Å². The molecule has 1 aromatic carbocycles. The van der Waals surface area contributed by atoms with Crippen LogP contribution < -0.4 is 5.32 Å². The van der Waals surface area contributed by atoms with Gasteiger partial charge >= 0.3 is 0 Å². The molecule has 2 unspecified atom stereocenters. The molecule has 0 saturated heterocycles. The van der Waals surface area contributed by atoms with Crippen molar-refractivity contribution >= 4 is 0 Å². The van der Waals surface area contributed by atoms with Crippen molar-refractivity contribution in [3.63, 3.8) is 0 Å².